The second-order valence-electron chi connectivity index (χ2n) is 12.1. The summed E-state index contributed by atoms with van der Waals surface area (Å²) in [7, 11) is 0. The summed E-state index contributed by atoms with van der Waals surface area (Å²) in [5.41, 5.74) is 7.25. The van der Waals surface area contributed by atoms with Crippen molar-refractivity contribution in [3.63, 3.8) is 0 Å². The van der Waals surface area contributed by atoms with Gasteiger partial charge >= 0.3 is 0 Å². The van der Waals surface area contributed by atoms with Crippen molar-refractivity contribution in [3.8, 4) is 10.4 Å². The Balaban J connectivity index is 1.13. The SMILES string of the molecule is CC1(C)c2cc(N(c3ccccc3)c3cc4ccccc4s3)ccc2-c2sc3cc(C=C4C(=O)c5ccccc5C4=O)sc3c21. The number of hydrogen-bond donors (Lipinski definition) is 0. The van der Waals surface area contributed by atoms with Gasteiger partial charge in [-0.05, 0) is 70.6 Å². The summed E-state index contributed by atoms with van der Waals surface area (Å²) in [5, 5.41) is 2.43. The minimum absolute atomic E-state index is 0.181. The Morgan fingerprint density at radius 3 is 2.11 bits per heavy atom. The quantitative estimate of drug-likeness (QED) is 0.143. The number of carbonyl (C=O) groups is 2. The van der Waals surface area contributed by atoms with E-state index in [1.54, 1.807) is 29.5 Å². The summed E-state index contributed by atoms with van der Waals surface area (Å²) in [6, 6.07) is 37.6. The van der Waals surface area contributed by atoms with Gasteiger partial charge in [0, 0.05) is 47.1 Å². The van der Waals surface area contributed by atoms with Crippen molar-refractivity contribution in [1.82, 2.24) is 0 Å². The number of nitrogens with zero attached hydrogens (tertiary/aromatic N) is 1. The molecule has 45 heavy (non-hydrogen) atoms. The number of anilines is 3. The van der Waals surface area contributed by atoms with Crippen molar-refractivity contribution in [1.29, 1.82) is 0 Å². The highest BCUT2D eigenvalue weighted by Crippen LogP contribution is 2.58. The lowest BCUT2D eigenvalue weighted by Crippen LogP contribution is -2.16. The summed E-state index contributed by atoms with van der Waals surface area (Å²) < 4.78 is 3.71. The van der Waals surface area contributed by atoms with Gasteiger partial charge in [-0.3, -0.25) is 9.59 Å². The van der Waals surface area contributed by atoms with Gasteiger partial charge in [-0.25, -0.2) is 0 Å². The van der Waals surface area contributed by atoms with Crippen LogP contribution in [-0.2, 0) is 5.41 Å². The van der Waals surface area contributed by atoms with Gasteiger partial charge < -0.3 is 4.90 Å². The smallest absolute Gasteiger partial charge is 0.197 e. The Morgan fingerprint density at radius 2 is 1.36 bits per heavy atom. The third-order valence-corrected chi connectivity index (χ3v) is 12.5. The van der Waals surface area contributed by atoms with E-state index in [0.717, 1.165) is 16.3 Å². The van der Waals surface area contributed by atoms with E-state index in [0.29, 0.717) is 11.1 Å². The maximum atomic E-state index is 13.1. The van der Waals surface area contributed by atoms with Crippen LogP contribution >= 0.6 is 34.0 Å². The molecule has 2 aliphatic carbocycles. The number of carbonyl (C=O) groups excluding carboxylic acids is 2. The van der Waals surface area contributed by atoms with Gasteiger partial charge in [-0.15, -0.1) is 34.0 Å². The van der Waals surface area contributed by atoms with Gasteiger partial charge in [-0.2, -0.15) is 0 Å². The Labute approximate surface area is 272 Å². The summed E-state index contributed by atoms with van der Waals surface area (Å²) in [6.07, 6.45) is 1.80. The third kappa shape index (κ3) is 3.93. The first-order valence-corrected chi connectivity index (χ1v) is 17.3. The van der Waals surface area contributed by atoms with E-state index in [1.807, 2.05) is 34.8 Å². The zero-order valence-electron chi connectivity index (χ0n) is 24.5. The van der Waals surface area contributed by atoms with Crippen LogP contribution in [0.15, 0.2) is 115 Å². The average Bonchev–Trinajstić information content (AvgIpc) is 3.83. The molecular weight excluding hydrogens is 611 g/mol. The molecule has 0 fully saturated rings. The van der Waals surface area contributed by atoms with Crippen LogP contribution in [0.5, 0.6) is 0 Å². The van der Waals surface area contributed by atoms with E-state index < -0.39 is 0 Å². The fraction of sp³-hybridized carbons (Fsp3) is 0.0769. The normalized spacial score (nSPS) is 14.7. The molecule has 2 aliphatic rings. The number of Topliss-reactive ketones (excluding diaryl/α,β-unsaturated/α-hetero) is 2. The molecule has 9 rings (SSSR count). The van der Waals surface area contributed by atoms with Crippen LogP contribution < -0.4 is 4.90 Å². The lowest BCUT2D eigenvalue weighted by atomic mass is 9.82. The lowest BCUT2D eigenvalue weighted by Gasteiger charge is -2.27. The number of ketones is 2. The lowest BCUT2D eigenvalue weighted by molar-refractivity contribution is 0.0990. The Hall–Kier alpha value is -4.62. The molecule has 0 aliphatic heterocycles. The van der Waals surface area contributed by atoms with Crippen molar-refractivity contribution in [2.24, 2.45) is 0 Å². The molecule has 3 nitrogen and oxygen atoms in total. The number of allylic oxidation sites excluding steroid dienone is 1. The van der Waals surface area contributed by atoms with Gasteiger partial charge in [0.25, 0.3) is 0 Å². The van der Waals surface area contributed by atoms with Crippen LogP contribution in [0.25, 0.3) is 36.0 Å². The van der Waals surface area contributed by atoms with Crippen molar-refractivity contribution in [2.75, 3.05) is 4.90 Å². The van der Waals surface area contributed by atoms with Crippen LogP contribution in [0.4, 0.5) is 16.4 Å². The third-order valence-electron chi connectivity index (χ3n) is 9.03. The molecular formula is C39H25NO2S3. The van der Waals surface area contributed by atoms with Gasteiger partial charge in [0.05, 0.1) is 10.3 Å². The average molecular weight is 636 g/mol. The fourth-order valence-corrected chi connectivity index (χ4v) is 10.9. The first-order valence-electron chi connectivity index (χ1n) is 14.8. The highest BCUT2D eigenvalue weighted by Gasteiger charge is 2.40. The van der Waals surface area contributed by atoms with Crippen molar-refractivity contribution >= 4 is 87.5 Å². The Kier molecular flexibility index (Phi) is 5.76. The van der Waals surface area contributed by atoms with Crippen LogP contribution in [0.2, 0.25) is 0 Å². The minimum Gasteiger partial charge on any atom is -0.302 e. The topological polar surface area (TPSA) is 37.4 Å². The number of hydrogen-bond acceptors (Lipinski definition) is 6. The van der Waals surface area contributed by atoms with Gasteiger partial charge in [0.15, 0.2) is 11.6 Å². The molecule has 0 N–H and O–H groups in total. The van der Waals surface area contributed by atoms with E-state index >= 15 is 0 Å². The van der Waals surface area contributed by atoms with Crippen LogP contribution in [0.3, 0.4) is 0 Å². The maximum absolute atomic E-state index is 13.1. The number of para-hydroxylation sites is 1. The largest absolute Gasteiger partial charge is 0.302 e. The van der Waals surface area contributed by atoms with E-state index in [2.05, 4.69) is 104 Å². The van der Waals surface area contributed by atoms with E-state index in [-0.39, 0.29) is 22.6 Å². The standard InChI is InChI=1S/C39H25NO2S3/c1-39(2)30-19-24(40(23-11-4-3-5-12-23)33-18-22-10-6-9-15-31(22)44-33)16-17-28(30)37-34(39)38-32(45-37)21-25(43-38)20-29-35(41)26-13-7-8-14-27(26)36(29)42/h3-21H,1-2H3. The molecule has 216 valence electrons. The Bertz CT molecular complexity index is 2330. The fourth-order valence-electron chi connectivity index (χ4n) is 6.86. The molecule has 3 aromatic heterocycles. The summed E-state index contributed by atoms with van der Waals surface area (Å²) in [5.74, 6) is -0.362. The molecule has 3 heterocycles. The van der Waals surface area contributed by atoms with Crippen LogP contribution in [-0.4, -0.2) is 11.6 Å². The molecule has 0 unspecified atom stereocenters. The van der Waals surface area contributed by atoms with Crippen molar-refractivity contribution in [3.05, 3.63) is 142 Å². The van der Waals surface area contributed by atoms with E-state index in [1.165, 1.54) is 46.1 Å². The number of fused-ring (bicyclic) bond motifs is 7. The second-order valence-corrected chi connectivity index (χ2v) is 15.3. The Morgan fingerprint density at radius 1 is 0.644 bits per heavy atom. The molecule has 0 radical (unpaired) electrons. The summed E-state index contributed by atoms with van der Waals surface area (Å²) >= 11 is 5.30. The van der Waals surface area contributed by atoms with Crippen molar-refractivity contribution < 1.29 is 9.59 Å². The summed E-state index contributed by atoms with van der Waals surface area (Å²) in [4.78, 5) is 30.7. The molecule has 0 amide bonds. The molecule has 0 saturated heterocycles. The van der Waals surface area contributed by atoms with Gasteiger partial charge in [-0.1, -0.05) is 80.6 Å². The zero-order chi connectivity index (χ0) is 30.4. The highest BCUT2D eigenvalue weighted by molar-refractivity contribution is 7.30. The molecule has 6 heteroatoms. The van der Waals surface area contributed by atoms with Gasteiger partial charge in [0.1, 0.15) is 5.00 Å². The number of benzene rings is 4. The minimum atomic E-state index is -0.216. The molecule has 7 aromatic rings. The first kappa shape index (κ1) is 26.8. The van der Waals surface area contributed by atoms with Gasteiger partial charge in [0.2, 0.25) is 0 Å². The molecule has 0 bridgehead atoms. The van der Waals surface area contributed by atoms with Crippen LogP contribution in [0.1, 0.15) is 50.6 Å². The van der Waals surface area contributed by atoms with E-state index in [4.69, 9.17) is 0 Å². The zero-order valence-corrected chi connectivity index (χ0v) is 26.9. The van der Waals surface area contributed by atoms with E-state index in [9.17, 15) is 9.59 Å². The molecule has 0 saturated carbocycles. The molecule has 0 spiro atoms. The predicted octanol–water partition coefficient (Wildman–Crippen LogP) is 11.4. The van der Waals surface area contributed by atoms with Crippen molar-refractivity contribution in [2.45, 2.75) is 19.3 Å². The molecule has 4 aromatic carbocycles. The number of thiophene rings is 3. The van der Waals surface area contributed by atoms with Crippen LogP contribution in [0, 0.1) is 0 Å². The second kappa shape index (κ2) is 9.69. The first-order chi connectivity index (χ1) is 21.9. The predicted molar refractivity (Wildman–Crippen MR) is 190 cm³/mol. The molecule has 0 atom stereocenters. The maximum Gasteiger partial charge on any atom is 0.197 e. The highest BCUT2D eigenvalue weighted by atomic mass is 32.1. The summed E-state index contributed by atoms with van der Waals surface area (Å²) in [6.45, 7) is 4.64. The number of rotatable bonds is 4. The monoisotopic (exact) mass is 635 g/mol.